The van der Waals surface area contributed by atoms with E-state index in [0.717, 1.165) is 42.9 Å². The molecule has 4 heterocycles. The van der Waals surface area contributed by atoms with Crippen LogP contribution in [0.1, 0.15) is 30.9 Å². The number of carbonyl (C=O) groups is 2. The van der Waals surface area contributed by atoms with Crippen LogP contribution in [0, 0.1) is 6.92 Å². The highest BCUT2D eigenvalue weighted by Crippen LogP contribution is 2.39. The van der Waals surface area contributed by atoms with Crippen molar-refractivity contribution in [2.75, 3.05) is 37.6 Å². The molecule has 3 amide bonds. The molecule has 0 spiro atoms. The minimum absolute atomic E-state index is 0.221. The van der Waals surface area contributed by atoms with Crippen molar-refractivity contribution in [1.29, 1.82) is 0 Å². The monoisotopic (exact) mass is 382 g/mol. The van der Waals surface area contributed by atoms with E-state index >= 15 is 0 Å². The maximum Gasteiger partial charge on any atom is 0.328 e. The average Bonchev–Trinajstić information content (AvgIpc) is 2.97. The van der Waals surface area contributed by atoms with E-state index in [2.05, 4.69) is 33.2 Å². The zero-order chi connectivity index (χ0) is 19.3. The standard InChI is InChI=1S/C20H26N6O2/c1-13-12-26(15-8-14(9-15)24-6-3-21-4-7-24)19-17(13)10-16(11-22-19)25-5-2-18(27)23-20(25)28/h10-12,14-15,21H,2-9H2,1H3,(H,23,27,28). The topological polar surface area (TPSA) is 82.5 Å². The van der Waals surface area contributed by atoms with E-state index in [1.54, 1.807) is 11.1 Å². The Bertz CT molecular complexity index is 926. The van der Waals surface area contributed by atoms with E-state index < -0.39 is 0 Å². The number of aromatic nitrogens is 2. The summed E-state index contributed by atoms with van der Waals surface area (Å²) in [6, 6.07) is 2.83. The number of pyridine rings is 1. The van der Waals surface area contributed by atoms with E-state index in [4.69, 9.17) is 4.98 Å². The van der Waals surface area contributed by atoms with E-state index in [-0.39, 0.29) is 11.9 Å². The highest BCUT2D eigenvalue weighted by atomic mass is 16.2. The zero-order valence-corrected chi connectivity index (χ0v) is 16.1. The van der Waals surface area contributed by atoms with Gasteiger partial charge < -0.3 is 9.88 Å². The fraction of sp³-hybridized carbons (Fsp3) is 0.550. The third kappa shape index (κ3) is 2.97. The molecule has 28 heavy (non-hydrogen) atoms. The second-order valence-corrected chi connectivity index (χ2v) is 8.10. The zero-order valence-electron chi connectivity index (χ0n) is 16.1. The quantitative estimate of drug-likeness (QED) is 0.839. The summed E-state index contributed by atoms with van der Waals surface area (Å²) < 4.78 is 2.31. The van der Waals surface area contributed by atoms with Gasteiger partial charge in [0.1, 0.15) is 5.65 Å². The summed E-state index contributed by atoms with van der Waals surface area (Å²) in [7, 11) is 0. The maximum atomic E-state index is 12.1. The summed E-state index contributed by atoms with van der Waals surface area (Å²) >= 11 is 0. The molecule has 8 heteroatoms. The van der Waals surface area contributed by atoms with Gasteiger partial charge in [-0.15, -0.1) is 0 Å². The van der Waals surface area contributed by atoms with Gasteiger partial charge in [0.05, 0.1) is 11.9 Å². The van der Waals surface area contributed by atoms with Crippen molar-refractivity contribution in [2.45, 2.75) is 38.3 Å². The Morgan fingerprint density at radius 2 is 1.89 bits per heavy atom. The van der Waals surface area contributed by atoms with Crippen molar-refractivity contribution in [3.63, 3.8) is 0 Å². The number of piperazine rings is 1. The van der Waals surface area contributed by atoms with Crippen LogP contribution in [0.15, 0.2) is 18.5 Å². The summed E-state index contributed by atoms with van der Waals surface area (Å²) in [5.41, 5.74) is 2.90. The number of imide groups is 1. The highest BCUT2D eigenvalue weighted by molar-refractivity contribution is 6.06. The van der Waals surface area contributed by atoms with Crippen molar-refractivity contribution in [2.24, 2.45) is 0 Å². The molecule has 2 saturated heterocycles. The van der Waals surface area contributed by atoms with Crippen LogP contribution in [0.25, 0.3) is 11.0 Å². The molecule has 3 fully saturated rings. The summed E-state index contributed by atoms with van der Waals surface area (Å²) in [5, 5.41) is 6.87. The molecular weight excluding hydrogens is 356 g/mol. The Hall–Kier alpha value is -2.45. The average molecular weight is 382 g/mol. The van der Waals surface area contributed by atoms with Gasteiger partial charge in [-0.3, -0.25) is 19.9 Å². The van der Waals surface area contributed by atoms with Gasteiger partial charge in [-0.1, -0.05) is 0 Å². The molecule has 148 valence electrons. The van der Waals surface area contributed by atoms with Crippen LogP contribution in [-0.2, 0) is 4.79 Å². The Balaban J connectivity index is 1.36. The SMILES string of the molecule is Cc1cn(C2CC(N3CCNCC3)C2)c2ncc(N3CCC(=O)NC3=O)cc12. The van der Waals surface area contributed by atoms with Gasteiger partial charge in [0, 0.05) is 62.8 Å². The molecule has 0 aromatic carbocycles. The van der Waals surface area contributed by atoms with Gasteiger partial charge in [0.15, 0.2) is 0 Å². The number of nitrogens with zero attached hydrogens (tertiary/aromatic N) is 4. The maximum absolute atomic E-state index is 12.1. The Kier molecular flexibility index (Phi) is 4.32. The first-order valence-electron chi connectivity index (χ1n) is 10.1. The number of carbonyl (C=O) groups excluding carboxylic acids is 2. The lowest BCUT2D eigenvalue weighted by atomic mass is 9.85. The van der Waals surface area contributed by atoms with Crippen molar-refractivity contribution in [3.8, 4) is 0 Å². The first-order chi connectivity index (χ1) is 13.6. The molecule has 2 aromatic rings. The van der Waals surface area contributed by atoms with Crippen LogP contribution in [-0.4, -0.2) is 65.2 Å². The molecule has 1 aliphatic carbocycles. The number of nitrogens with one attached hydrogen (secondary N) is 2. The van der Waals surface area contributed by atoms with Crippen molar-refractivity contribution in [1.82, 2.24) is 25.1 Å². The van der Waals surface area contributed by atoms with Crippen LogP contribution in [0.2, 0.25) is 0 Å². The van der Waals surface area contributed by atoms with Crippen LogP contribution in [0.5, 0.6) is 0 Å². The summed E-state index contributed by atoms with van der Waals surface area (Å²) in [6.07, 6.45) is 6.60. The minimum Gasteiger partial charge on any atom is -0.329 e. The third-order valence-corrected chi connectivity index (χ3v) is 6.37. The Morgan fingerprint density at radius 1 is 1.11 bits per heavy atom. The van der Waals surface area contributed by atoms with Crippen LogP contribution >= 0.6 is 0 Å². The molecule has 1 saturated carbocycles. The van der Waals surface area contributed by atoms with Gasteiger partial charge in [-0.05, 0) is 31.4 Å². The number of hydrogen-bond donors (Lipinski definition) is 2. The Morgan fingerprint density at radius 3 is 2.64 bits per heavy atom. The summed E-state index contributed by atoms with van der Waals surface area (Å²) in [5.74, 6) is -0.221. The van der Waals surface area contributed by atoms with E-state index in [9.17, 15) is 9.59 Å². The molecule has 3 aliphatic rings. The van der Waals surface area contributed by atoms with Crippen molar-refractivity contribution < 1.29 is 9.59 Å². The summed E-state index contributed by atoms with van der Waals surface area (Å²) in [4.78, 5) is 32.4. The first-order valence-corrected chi connectivity index (χ1v) is 10.1. The summed E-state index contributed by atoms with van der Waals surface area (Å²) in [6.45, 7) is 6.96. The normalized spacial score (nSPS) is 26.4. The second-order valence-electron chi connectivity index (χ2n) is 8.10. The number of urea groups is 1. The molecule has 0 bridgehead atoms. The van der Waals surface area contributed by atoms with Gasteiger partial charge in [0.25, 0.3) is 0 Å². The van der Waals surface area contributed by atoms with E-state index in [0.29, 0.717) is 25.0 Å². The fourth-order valence-corrected chi connectivity index (χ4v) is 4.65. The number of aryl methyl sites for hydroxylation is 1. The van der Waals surface area contributed by atoms with E-state index in [1.807, 2.05) is 6.07 Å². The smallest absolute Gasteiger partial charge is 0.328 e. The lowest BCUT2D eigenvalue weighted by Crippen LogP contribution is -2.53. The van der Waals surface area contributed by atoms with Crippen molar-refractivity contribution in [3.05, 3.63) is 24.0 Å². The van der Waals surface area contributed by atoms with Gasteiger partial charge in [0.2, 0.25) is 5.91 Å². The van der Waals surface area contributed by atoms with Gasteiger partial charge >= 0.3 is 6.03 Å². The Labute approximate surface area is 163 Å². The number of anilines is 1. The molecule has 0 unspecified atom stereocenters. The molecule has 5 rings (SSSR count). The van der Waals surface area contributed by atoms with Crippen LogP contribution in [0.4, 0.5) is 10.5 Å². The number of rotatable bonds is 3. The number of hydrogen-bond acceptors (Lipinski definition) is 5. The lowest BCUT2D eigenvalue weighted by molar-refractivity contribution is -0.120. The molecule has 0 atom stereocenters. The molecule has 8 nitrogen and oxygen atoms in total. The fourth-order valence-electron chi connectivity index (χ4n) is 4.65. The van der Waals surface area contributed by atoms with E-state index in [1.165, 1.54) is 18.4 Å². The molecule has 0 radical (unpaired) electrons. The third-order valence-electron chi connectivity index (χ3n) is 6.37. The van der Waals surface area contributed by atoms with Gasteiger partial charge in [-0.25, -0.2) is 9.78 Å². The van der Waals surface area contributed by atoms with Crippen LogP contribution < -0.4 is 15.5 Å². The van der Waals surface area contributed by atoms with Crippen molar-refractivity contribution >= 4 is 28.7 Å². The second kappa shape index (κ2) is 6.86. The lowest BCUT2D eigenvalue weighted by Gasteiger charge is -2.45. The van der Waals surface area contributed by atoms with Crippen LogP contribution in [0.3, 0.4) is 0 Å². The van der Waals surface area contributed by atoms with Gasteiger partial charge in [-0.2, -0.15) is 0 Å². The molecule has 2 N–H and O–H groups in total. The molecule has 2 aliphatic heterocycles. The number of fused-ring (bicyclic) bond motifs is 1. The predicted octanol–water partition coefficient (Wildman–Crippen LogP) is 1.40. The predicted molar refractivity (Wildman–Crippen MR) is 106 cm³/mol. The first kappa shape index (κ1) is 17.6. The molecule has 2 aromatic heterocycles. The highest BCUT2D eigenvalue weighted by Gasteiger charge is 2.36. The minimum atomic E-state index is -0.368. The largest absolute Gasteiger partial charge is 0.329 e. The number of amides is 3. The molecular formula is C20H26N6O2.